The molecule has 182 valence electrons. The van der Waals surface area contributed by atoms with Gasteiger partial charge in [0.2, 0.25) is 0 Å². The van der Waals surface area contributed by atoms with Crippen molar-refractivity contribution in [3.63, 3.8) is 0 Å². The maximum Gasteiger partial charge on any atom is 0.327 e. The molecule has 2 atom stereocenters. The van der Waals surface area contributed by atoms with Gasteiger partial charge in [-0.1, -0.05) is 66.5 Å². The Labute approximate surface area is 214 Å². The molecule has 1 aromatic heterocycles. The van der Waals surface area contributed by atoms with E-state index < -0.39 is 16.8 Å². The smallest absolute Gasteiger partial charge is 0.327 e. The Balaban J connectivity index is 1.34. The fourth-order valence-corrected chi connectivity index (χ4v) is 6.58. The van der Waals surface area contributed by atoms with Crippen LogP contribution in [0.2, 0.25) is 5.02 Å². The van der Waals surface area contributed by atoms with E-state index in [9.17, 15) is 9.59 Å². The molecule has 5 nitrogen and oxygen atoms in total. The van der Waals surface area contributed by atoms with Crippen LogP contribution in [0.4, 0.5) is 0 Å². The number of hydrogen-bond acceptors (Lipinski definition) is 6. The van der Waals surface area contributed by atoms with E-state index in [1.165, 1.54) is 11.8 Å². The molecule has 1 aliphatic carbocycles. The third-order valence-electron chi connectivity index (χ3n) is 7.25. The quantitative estimate of drug-likeness (QED) is 0.270. The van der Waals surface area contributed by atoms with E-state index in [1.807, 2.05) is 54.6 Å². The molecule has 0 N–H and O–H groups in total. The Morgan fingerprint density at radius 3 is 2.66 bits per heavy atom. The average molecular weight is 510 g/mol. The fourth-order valence-electron chi connectivity index (χ4n) is 5.40. The van der Waals surface area contributed by atoms with Crippen LogP contribution in [0.5, 0.6) is 5.75 Å². The van der Waals surface area contributed by atoms with Gasteiger partial charge in [-0.15, -0.1) is 0 Å². The zero-order valence-corrected chi connectivity index (χ0v) is 21.2. The predicted octanol–water partition coefficient (Wildman–Crippen LogP) is 6.44. The maximum atomic E-state index is 13.4. The van der Waals surface area contributed by atoms with Crippen molar-refractivity contribution in [1.29, 1.82) is 0 Å². The number of ether oxygens (including phenoxy) is 2. The standard InChI is InChI=1S/C28H28ClNO4S/c1-33-24-12-10-18(16-21(24)29)14-15-28(20-7-3-4-8-20)17-23(31)26(27(32)34-28)35-25-13-11-19-6-2-5-9-22(19)30-25/h2,5-6,9-13,16,20,26H,3-4,7-8,14-15,17H2,1H3. The zero-order chi connectivity index (χ0) is 24.4. The summed E-state index contributed by atoms with van der Waals surface area (Å²) >= 11 is 7.51. The number of esters is 1. The third-order valence-corrected chi connectivity index (χ3v) is 8.70. The van der Waals surface area contributed by atoms with E-state index in [0.29, 0.717) is 28.6 Å². The summed E-state index contributed by atoms with van der Waals surface area (Å²) in [6, 6.07) is 17.3. The lowest BCUT2D eigenvalue weighted by Crippen LogP contribution is -2.53. The van der Waals surface area contributed by atoms with Gasteiger partial charge in [0.25, 0.3) is 0 Å². The van der Waals surface area contributed by atoms with E-state index in [-0.39, 0.29) is 18.1 Å². The van der Waals surface area contributed by atoms with Crippen molar-refractivity contribution in [2.24, 2.45) is 5.92 Å². The van der Waals surface area contributed by atoms with Gasteiger partial charge in [-0.3, -0.25) is 9.59 Å². The number of hydrogen-bond donors (Lipinski definition) is 0. The summed E-state index contributed by atoms with van der Waals surface area (Å²) in [4.78, 5) is 31.3. The Morgan fingerprint density at radius 1 is 1.11 bits per heavy atom. The molecular formula is C28H28ClNO4S. The fraction of sp³-hybridized carbons (Fsp3) is 0.393. The highest BCUT2D eigenvalue weighted by atomic mass is 35.5. The number of benzene rings is 2. The number of para-hydroxylation sites is 1. The summed E-state index contributed by atoms with van der Waals surface area (Å²) in [6.45, 7) is 0. The monoisotopic (exact) mass is 509 g/mol. The molecule has 2 aliphatic rings. The molecule has 0 bridgehead atoms. The number of carbonyl (C=O) groups excluding carboxylic acids is 2. The topological polar surface area (TPSA) is 65.5 Å². The zero-order valence-electron chi connectivity index (χ0n) is 19.7. The molecule has 35 heavy (non-hydrogen) atoms. The number of rotatable bonds is 7. The second kappa shape index (κ2) is 10.2. The van der Waals surface area contributed by atoms with Gasteiger partial charge >= 0.3 is 5.97 Å². The molecular weight excluding hydrogens is 482 g/mol. The Kier molecular flexibility index (Phi) is 7.03. The van der Waals surface area contributed by atoms with E-state index in [4.69, 9.17) is 21.1 Å². The predicted molar refractivity (Wildman–Crippen MR) is 138 cm³/mol. The molecule has 2 heterocycles. The number of aromatic nitrogens is 1. The number of nitrogens with zero attached hydrogens (tertiary/aromatic N) is 1. The van der Waals surface area contributed by atoms with Crippen molar-refractivity contribution < 1.29 is 19.1 Å². The van der Waals surface area contributed by atoms with Crippen LogP contribution in [-0.4, -0.2) is 34.7 Å². The largest absolute Gasteiger partial charge is 0.495 e. The Bertz CT molecular complexity index is 1240. The number of ketones is 1. The molecule has 1 aliphatic heterocycles. The summed E-state index contributed by atoms with van der Waals surface area (Å²) in [5.74, 6) is 0.318. The van der Waals surface area contributed by atoms with Crippen LogP contribution in [0, 0.1) is 5.92 Å². The number of fused-ring (bicyclic) bond motifs is 1. The van der Waals surface area contributed by atoms with Crippen molar-refractivity contribution in [2.45, 2.75) is 60.8 Å². The number of methoxy groups -OCH3 is 1. The van der Waals surface area contributed by atoms with Crippen LogP contribution in [-0.2, 0) is 20.7 Å². The number of Topliss-reactive ketones (excluding diaryl/α,β-unsaturated/α-hetero) is 1. The van der Waals surface area contributed by atoms with Gasteiger partial charge in [0.1, 0.15) is 11.4 Å². The number of aryl methyl sites for hydroxylation is 1. The first-order valence-corrected chi connectivity index (χ1v) is 13.3. The van der Waals surface area contributed by atoms with Crippen molar-refractivity contribution in [3.05, 3.63) is 65.2 Å². The van der Waals surface area contributed by atoms with Gasteiger partial charge in [-0.05, 0) is 61.4 Å². The van der Waals surface area contributed by atoms with Gasteiger partial charge < -0.3 is 9.47 Å². The first-order chi connectivity index (χ1) is 17.0. The number of thioether (sulfide) groups is 1. The Hall–Kier alpha value is -2.57. The maximum absolute atomic E-state index is 13.4. The van der Waals surface area contributed by atoms with Crippen molar-refractivity contribution in [1.82, 2.24) is 4.98 Å². The molecule has 1 saturated heterocycles. The third kappa shape index (κ3) is 5.05. The van der Waals surface area contributed by atoms with Crippen molar-refractivity contribution in [3.8, 4) is 5.75 Å². The molecule has 5 rings (SSSR count). The van der Waals surface area contributed by atoms with E-state index in [1.54, 1.807) is 7.11 Å². The summed E-state index contributed by atoms with van der Waals surface area (Å²) < 4.78 is 11.5. The lowest BCUT2D eigenvalue weighted by atomic mass is 9.76. The molecule has 0 spiro atoms. The molecule has 3 aromatic rings. The van der Waals surface area contributed by atoms with E-state index in [0.717, 1.165) is 42.1 Å². The number of halogens is 1. The number of cyclic esters (lactones) is 1. The van der Waals surface area contributed by atoms with Crippen LogP contribution in [0.15, 0.2) is 59.6 Å². The Morgan fingerprint density at radius 2 is 1.91 bits per heavy atom. The summed E-state index contributed by atoms with van der Waals surface area (Å²) in [7, 11) is 1.59. The van der Waals surface area contributed by atoms with Gasteiger partial charge in [-0.25, -0.2) is 4.98 Å². The molecule has 2 aromatic carbocycles. The molecule has 0 radical (unpaired) electrons. The first-order valence-electron chi connectivity index (χ1n) is 12.1. The normalized spacial score (nSPS) is 23.0. The van der Waals surface area contributed by atoms with Gasteiger partial charge in [0, 0.05) is 11.8 Å². The van der Waals surface area contributed by atoms with Crippen LogP contribution >= 0.6 is 23.4 Å². The summed E-state index contributed by atoms with van der Waals surface area (Å²) in [5, 5.41) is 1.35. The lowest BCUT2D eigenvalue weighted by molar-refractivity contribution is -0.177. The lowest BCUT2D eigenvalue weighted by Gasteiger charge is -2.42. The highest BCUT2D eigenvalue weighted by molar-refractivity contribution is 8.01. The van der Waals surface area contributed by atoms with Crippen LogP contribution in [0.3, 0.4) is 0 Å². The highest BCUT2D eigenvalue weighted by Gasteiger charge is 2.51. The van der Waals surface area contributed by atoms with Gasteiger partial charge in [-0.2, -0.15) is 0 Å². The average Bonchev–Trinajstić information content (AvgIpc) is 3.41. The second-order valence-corrected chi connectivity index (χ2v) is 11.0. The van der Waals surface area contributed by atoms with Gasteiger partial charge in [0.05, 0.1) is 22.7 Å². The van der Waals surface area contributed by atoms with Crippen molar-refractivity contribution >= 4 is 46.0 Å². The van der Waals surface area contributed by atoms with Gasteiger partial charge in [0.15, 0.2) is 11.0 Å². The summed E-state index contributed by atoms with van der Waals surface area (Å²) in [6.07, 6.45) is 5.69. The molecule has 7 heteroatoms. The minimum absolute atomic E-state index is 0.0686. The van der Waals surface area contributed by atoms with Crippen LogP contribution < -0.4 is 4.74 Å². The minimum atomic E-state index is -0.881. The first kappa shape index (κ1) is 24.1. The second-order valence-electron chi connectivity index (χ2n) is 9.42. The number of carbonyl (C=O) groups is 2. The van der Waals surface area contributed by atoms with E-state index in [2.05, 4.69) is 4.98 Å². The van der Waals surface area contributed by atoms with E-state index >= 15 is 0 Å². The molecule has 2 unspecified atom stereocenters. The minimum Gasteiger partial charge on any atom is -0.495 e. The highest BCUT2D eigenvalue weighted by Crippen LogP contribution is 2.46. The molecule has 2 fully saturated rings. The van der Waals surface area contributed by atoms with Crippen LogP contribution in [0.1, 0.15) is 44.1 Å². The number of pyridine rings is 1. The molecule has 0 amide bonds. The summed E-state index contributed by atoms with van der Waals surface area (Å²) in [5.41, 5.74) is 1.12. The van der Waals surface area contributed by atoms with Crippen molar-refractivity contribution in [2.75, 3.05) is 7.11 Å². The van der Waals surface area contributed by atoms with Crippen LogP contribution in [0.25, 0.3) is 10.9 Å². The SMILES string of the molecule is COc1ccc(CCC2(C3CCCC3)CC(=O)C(Sc3ccc4ccccc4n3)C(=O)O2)cc1Cl. The molecule has 1 saturated carbocycles.